The Bertz CT molecular complexity index is 1530. The highest BCUT2D eigenvalue weighted by Crippen LogP contribution is 2.27. The van der Waals surface area contributed by atoms with E-state index in [0.29, 0.717) is 23.0 Å². The topological polar surface area (TPSA) is 113 Å². The van der Waals surface area contributed by atoms with Crippen LogP contribution in [0.4, 0.5) is 16.3 Å². The van der Waals surface area contributed by atoms with Crippen LogP contribution in [0, 0.1) is 0 Å². The smallest absolute Gasteiger partial charge is 0.324 e. The molecule has 10 nitrogen and oxygen atoms in total. The highest BCUT2D eigenvalue weighted by molar-refractivity contribution is 5.99. The molecule has 5 rings (SSSR count). The summed E-state index contributed by atoms with van der Waals surface area (Å²) in [6.07, 6.45) is 2.54. The summed E-state index contributed by atoms with van der Waals surface area (Å²) in [6, 6.07) is 18.1. The van der Waals surface area contributed by atoms with E-state index in [4.69, 9.17) is 9.84 Å². The zero-order valence-corrected chi connectivity index (χ0v) is 23.1. The molecule has 0 saturated heterocycles. The molecule has 2 aromatic heterocycles. The van der Waals surface area contributed by atoms with Crippen LogP contribution in [0.15, 0.2) is 66.9 Å². The molecule has 1 aliphatic heterocycles. The first-order chi connectivity index (χ1) is 19.3. The Labute approximate surface area is 233 Å². The predicted molar refractivity (Wildman–Crippen MR) is 154 cm³/mol. The summed E-state index contributed by atoms with van der Waals surface area (Å²) in [5, 5.41) is 13.2. The lowest BCUT2D eigenvalue weighted by Gasteiger charge is -2.25. The number of fused-ring (bicyclic) bond motifs is 1. The fourth-order valence-electron chi connectivity index (χ4n) is 4.53. The van der Waals surface area contributed by atoms with E-state index < -0.39 is 0 Å². The van der Waals surface area contributed by atoms with E-state index in [-0.39, 0.29) is 23.6 Å². The average Bonchev–Trinajstić information content (AvgIpc) is 3.37. The standard InChI is InChI=1S/C30H33N7O3/c1-19(2)26-17-28(37(35-26)23-8-5-20-12-14-36(4)18-21(20)15-23)34-30(39)33-22-6-9-24(10-7-22)40-25-11-13-32-27(16-25)29(38)31-3/h5-11,13,15-17,19H,12,14,18H2,1-4H3,(H,31,38)(H2,33,34,39). The Balaban J connectivity index is 1.28. The monoisotopic (exact) mass is 539 g/mol. The Hall–Kier alpha value is -4.70. The maximum atomic E-state index is 13.0. The van der Waals surface area contributed by atoms with Gasteiger partial charge in [-0.15, -0.1) is 0 Å². The quantitative estimate of drug-likeness (QED) is 0.299. The number of benzene rings is 2. The van der Waals surface area contributed by atoms with E-state index in [9.17, 15) is 9.59 Å². The number of carbonyl (C=O) groups is 2. The number of nitrogens with one attached hydrogen (secondary N) is 3. The maximum absolute atomic E-state index is 13.0. The molecular weight excluding hydrogens is 506 g/mol. The molecule has 0 aliphatic carbocycles. The summed E-state index contributed by atoms with van der Waals surface area (Å²) >= 11 is 0. The third kappa shape index (κ3) is 6.13. The second-order valence-corrected chi connectivity index (χ2v) is 10.1. The second-order valence-electron chi connectivity index (χ2n) is 10.1. The molecule has 0 atom stereocenters. The summed E-state index contributed by atoms with van der Waals surface area (Å²) in [6.45, 7) is 6.09. The van der Waals surface area contributed by atoms with Gasteiger partial charge in [-0.2, -0.15) is 5.10 Å². The van der Waals surface area contributed by atoms with Gasteiger partial charge in [-0.25, -0.2) is 9.48 Å². The molecule has 0 radical (unpaired) electrons. The molecule has 0 unspecified atom stereocenters. The minimum atomic E-state index is -0.382. The first kappa shape index (κ1) is 26.9. The number of urea groups is 1. The van der Waals surface area contributed by atoms with Gasteiger partial charge in [-0.3, -0.25) is 15.1 Å². The van der Waals surface area contributed by atoms with E-state index in [0.717, 1.165) is 30.9 Å². The molecule has 3 amide bonds. The van der Waals surface area contributed by atoms with Crippen molar-refractivity contribution in [2.45, 2.75) is 32.7 Å². The molecule has 0 bridgehead atoms. The molecule has 2 aromatic carbocycles. The molecule has 3 heterocycles. The molecule has 0 saturated carbocycles. The van der Waals surface area contributed by atoms with Gasteiger partial charge in [-0.1, -0.05) is 19.9 Å². The Morgan fingerprint density at radius 3 is 2.50 bits per heavy atom. The predicted octanol–water partition coefficient (Wildman–Crippen LogP) is 5.17. The highest BCUT2D eigenvalue weighted by atomic mass is 16.5. The van der Waals surface area contributed by atoms with E-state index >= 15 is 0 Å². The van der Waals surface area contributed by atoms with Crippen molar-refractivity contribution in [3.05, 3.63) is 89.4 Å². The van der Waals surface area contributed by atoms with Crippen molar-refractivity contribution in [2.75, 3.05) is 31.3 Å². The van der Waals surface area contributed by atoms with Crippen LogP contribution in [0.5, 0.6) is 11.5 Å². The zero-order chi connectivity index (χ0) is 28.2. The van der Waals surface area contributed by atoms with E-state index in [1.165, 1.54) is 17.3 Å². The Morgan fingerprint density at radius 1 is 0.950 bits per heavy atom. The van der Waals surface area contributed by atoms with Crippen LogP contribution in [-0.2, 0) is 13.0 Å². The van der Waals surface area contributed by atoms with Gasteiger partial charge in [0.15, 0.2) is 0 Å². The summed E-state index contributed by atoms with van der Waals surface area (Å²) in [7, 11) is 3.67. The van der Waals surface area contributed by atoms with Crippen LogP contribution in [0.3, 0.4) is 0 Å². The maximum Gasteiger partial charge on any atom is 0.324 e. The number of likely N-dealkylation sites (N-methyl/N-ethyl adjacent to an activating group) is 1. The summed E-state index contributed by atoms with van der Waals surface area (Å²) < 4.78 is 7.64. The summed E-state index contributed by atoms with van der Waals surface area (Å²) in [5.41, 5.74) is 5.29. The van der Waals surface area contributed by atoms with Gasteiger partial charge < -0.3 is 20.3 Å². The third-order valence-corrected chi connectivity index (χ3v) is 6.74. The van der Waals surface area contributed by atoms with Crippen molar-refractivity contribution in [2.24, 2.45) is 0 Å². The van der Waals surface area contributed by atoms with Crippen LogP contribution in [0.25, 0.3) is 5.69 Å². The zero-order valence-electron chi connectivity index (χ0n) is 23.1. The molecule has 1 aliphatic rings. The second kappa shape index (κ2) is 11.6. The van der Waals surface area contributed by atoms with Crippen LogP contribution in [-0.4, -0.2) is 52.2 Å². The number of nitrogens with zero attached hydrogens (tertiary/aromatic N) is 4. The van der Waals surface area contributed by atoms with Crippen LogP contribution >= 0.6 is 0 Å². The lowest BCUT2D eigenvalue weighted by molar-refractivity contribution is 0.0958. The molecule has 0 fully saturated rings. The SMILES string of the molecule is CNC(=O)c1cc(Oc2ccc(NC(=O)Nc3cc(C(C)C)nn3-c3ccc4c(c3)CN(C)CC4)cc2)ccn1. The number of hydrogen-bond donors (Lipinski definition) is 3. The number of rotatable bonds is 7. The molecule has 0 spiro atoms. The number of anilines is 2. The number of aromatic nitrogens is 3. The summed E-state index contributed by atoms with van der Waals surface area (Å²) in [5.74, 6) is 1.54. The largest absolute Gasteiger partial charge is 0.457 e. The molecule has 4 aromatic rings. The number of hydrogen-bond acceptors (Lipinski definition) is 6. The van der Waals surface area contributed by atoms with Crippen LogP contribution in [0.1, 0.15) is 47.1 Å². The highest BCUT2D eigenvalue weighted by Gasteiger charge is 2.18. The normalized spacial score (nSPS) is 13.0. The fourth-order valence-corrected chi connectivity index (χ4v) is 4.53. The van der Waals surface area contributed by atoms with Crippen LogP contribution in [0.2, 0.25) is 0 Å². The molecule has 10 heteroatoms. The van der Waals surface area contributed by atoms with Crippen molar-refractivity contribution in [1.82, 2.24) is 25.0 Å². The number of carbonyl (C=O) groups excluding carboxylic acids is 2. The minimum absolute atomic E-state index is 0.203. The lowest BCUT2D eigenvalue weighted by Crippen LogP contribution is -2.26. The number of ether oxygens (including phenoxy) is 1. The van der Waals surface area contributed by atoms with E-state index in [2.05, 4.69) is 64.9 Å². The van der Waals surface area contributed by atoms with Gasteiger partial charge in [0.1, 0.15) is 23.0 Å². The average molecular weight is 540 g/mol. The first-order valence-corrected chi connectivity index (χ1v) is 13.2. The third-order valence-electron chi connectivity index (χ3n) is 6.74. The first-order valence-electron chi connectivity index (χ1n) is 13.2. The Kier molecular flexibility index (Phi) is 7.79. The molecule has 206 valence electrons. The van der Waals surface area contributed by atoms with Crippen LogP contribution < -0.4 is 20.7 Å². The minimum Gasteiger partial charge on any atom is -0.457 e. The van der Waals surface area contributed by atoms with Crippen molar-refractivity contribution in [3.63, 3.8) is 0 Å². The van der Waals surface area contributed by atoms with E-state index in [1.54, 1.807) is 48.1 Å². The van der Waals surface area contributed by atoms with Crippen molar-refractivity contribution < 1.29 is 14.3 Å². The molecule has 40 heavy (non-hydrogen) atoms. The van der Waals surface area contributed by atoms with Gasteiger partial charge in [0.05, 0.1) is 11.4 Å². The number of pyridine rings is 1. The van der Waals surface area contributed by atoms with Gasteiger partial charge in [-0.05, 0) is 73.0 Å². The fraction of sp³-hybridized carbons (Fsp3) is 0.267. The van der Waals surface area contributed by atoms with Gasteiger partial charge in [0.25, 0.3) is 5.91 Å². The van der Waals surface area contributed by atoms with Gasteiger partial charge in [0.2, 0.25) is 0 Å². The lowest BCUT2D eigenvalue weighted by atomic mass is 9.99. The molecule has 3 N–H and O–H groups in total. The van der Waals surface area contributed by atoms with E-state index in [1.807, 2.05) is 6.07 Å². The van der Waals surface area contributed by atoms with Crippen molar-refractivity contribution >= 4 is 23.4 Å². The molecular formula is C30H33N7O3. The van der Waals surface area contributed by atoms with Gasteiger partial charge >= 0.3 is 6.03 Å². The van der Waals surface area contributed by atoms with Crippen molar-refractivity contribution in [3.8, 4) is 17.2 Å². The summed E-state index contributed by atoms with van der Waals surface area (Å²) in [4.78, 5) is 31.1. The Morgan fingerprint density at radius 2 is 1.75 bits per heavy atom. The number of amides is 3. The van der Waals surface area contributed by atoms with Gasteiger partial charge in [0, 0.05) is 44.2 Å². The van der Waals surface area contributed by atoms with Crippen molar-refractivity contribution in [1.29, 1.82) is 0 Å².